The lowest BCUT2D eigenvalue weighted by atomic mass is 10.0. The Hall–Kier alpha value is -1.84. The Labute approximate surface area is 106 Å². The van der Waals surface area contributed by atoms with Gasteiger partial charge in [-0.15, -0.1) is 0 Å². The maximum absolute atomic E-state index is 11.9. The average Bonchev–Trinajstić information content (AvgIpc) is 2.72. The maximum atomic E-state index is 11.9. The van der Waals surface area contributed by atoms with Crippen molar-refractivity contribution in [2.45, 2.75) is 39.2 Å². The van der Waals surface area contributed by atoms with Crippen LogP contribution in [0, 0.1) is 6.92 Å². The van der Waals surface area contributed by atoms with Crippen LogP contribution in [-0.4, -0.2) is 23.0 Å². The fourth-order valence-corrected chi connectivity index (χ4v) is 2.28. The molecule has 96 valence electrons. The van der Waals surface area contributed by atoms with E-state index < -0.39 is 12.1 Å². The second-order valence-electron chi connectivity index (χ2n) is 4.51. The van der Waals surface area contributed by atoms with Crippen LogP contribution in [0.15, 0.2) is 12.1 Å². The number of hydrogen-bond donors (Lipinski definition) is 1. The number of rotatable bonds is 4. The number of ketones is 1. The Kier molecular flexibility index (Phi) is 3.36. The molecule has 0 bridgehead atoms. The van der Waals surface area contributed by atoms with Gasteiger partial charge in [0.2, 0.25) is 0 Å². The molecule has 0 saturated heterocycles. The first-order valence-corrected chi connectivity index (χ1v) is 6.09. The van der Waals surface area contributed by atoms with E-state index >= 15 is 0 Å². The molecule has 0 fully saturated rings. The Bertz CT molecular complexity index is 505. The molecule has 2 rings (SSSR count). The van der Waals surface area contributed by atoms with Crippen molar-refractivity contribution in [2.75, 3.05) is 0 Å². The highest BCUT2D eigenvalue weighted by atomic mass is 16.5. The highest BCUT2D eigenvalue weighted by Gasteiger charge is 2.27. The van der Waals surface area contributed by atoms with Crippen LogP contribution in [0.25, 0.3) is 0 Å². The molecule has 1 aliphatic carbocycles. The minimum absolute atomic E-state index is 0.0453. The second kappa shape index (κ2) is 4.80. The molecule has 0 amide bonds. The summed E-state index contributed by atoms with van der Waals surface area (Å²) in [5.74, 6) is -0.548. The van der Waals surface area contributed by atoms with Crippen LogP contribution < -0.4 is 4.74 Å². The van der Waals surface area contributed by atoms with E-state index in [1.54, 1.807) is 13.0 Å². The molecule has 1 atom stereocenters. The van der Waals surface area contributed by atoms with Crippen LogP contribution in [0.2, 0.25) is 0 Å². The van der Waals surface area contributed by atoms with Crippen molar-refractivity contribution in [3.05, 3.63) is 28.8 Å². The van der Waals surface area contributed by atoms with E-state index in [2.05, 4.69) is 0 Å². The van der Waals surface area contributed by atoms with Gasteiger partial charge in [-0.05, 0) is 37.0 Å². The van der Waals surface area contributed by atoms with E-state index in [0.29, 0.717) is 24.2 Å². The summed E-state index contributed by atoms with van der Waals surface area (Å²) in [5, 5.41) is 8.99. The topological polar surface area (TPSA) is 63.6 Å². The highest BCUT2D eigenvalue weighted by molar-refractivity contribution is 6.03. The summed E-state index contributed by atoms with van der Waals surface area (Å²) in [6.07, 6.45) is 0.679. The van der Waals surface area contributed by atoms with E-state index in [4.69, 9.17) is 9.84 Å². The van der Waals surface area contributed by atoms with Gasteiger partial charge in [-0.2, -0.15) is 0 Å². The van der Waals surface area contributed by atoms with Gasteiger partial charge in [-0.25, -0.2) is 4.79 Å². The lowest BCUT2D eigenvalue weighted by Gasteiger charge is -2.16. The van der Waals surface area contributed by atoms with Gasteiger partial charge in [0.25, 0.3) is 0 Å². The zero-order valence-electron chi connectivity index (χ0n) is 10.5. The number of Topliss-reactive ketones (excluding diaryl/α,β-unsaturated/α-hetero) is 1. The molecule has 0 spiro atoms. The number of carboxylic acid groups (broad SMARTS) is 1. The van der Waals surface area contributed by atoms with Crippen LogP contribution in [0.3, 0.4) is 0 Å². The lowest BCUT2D eigenvalue weighted by molar-refractivity contribution is -0.145. The zero-order chi connectivity index (χ0) is 13.3. The summed E-state index contributed by atoms with van der Waals surface area (Å²) >= 11 is 0. The number of carbonyl (C=O) groups excluding carboxylic acids is 1. The first kappa shape index (κ1) is 12.6. The van der Waals surface area contributed by atoms with E-state index in [1.165, 1.54) is 0 Å². The fraction of sp³-hybridized carbons (Fsp3) is 0.429. The third-order valence-corrected chi connectivity index (χ3v) is 3.31. The number of aryl methyl sites for hydroxylation is 1. The quantitative estimate of drug-likeness (QED) is 0.888. The standard InChI is InChI=1S/C14H16O4/c1-3-11(14(16)17)18-12-7-4-8(2)9-5-6-10(15)13(9)12/h4,7,11H,3,5-6H2,1-2H3,(H,16,17). The fourth-order valence-electron chi connectivity index (χ4n) is 2.28. The summed E-state index contributed by atoms with van der Waals surface area (Å²) < 4.78 is 5.47. The van der Waals surface area contributed by atoms with E-state index in [0.717, 1.165) is 17.5 Å². The van der Waals surface area contributed by atoms with Crippen molar-refractivity contribution < 1.29 is 19.4 Å². The summed E-state index contributed by atoms with van der Waals surface area (Å²) in [7, 11) is 0. The first-order chi connectivity index (χ1) is 8.54. The number of aliphatic carboxylic acids is 1. The monoisotopic (exact) mass is 248 g/mol. The van der Waals surface area contributed by atoms with Gasteiger partial charge >= 0.3 is 5.97 Å². The number of ether oxygens (including phenoxy) is 1. The van der Waals surface area contributed by atoms with Gasteiger partial charge in [-0.3, -0.25) is 4.79 Å². The third-order valence-electron chi connectivity index (χ3n) is 3.31. The molecule has 1 N–H and O–H groups in total. The van der Waals surface area contributed by atoms with Crippen LogP contribution in [0.5, 0.6) is 5.75 Å². The zero-order valence-corrected chi connectivity index (χ0v) is 10.5. The molecule has 1 aromatic rings. The van der Waals surface area contributed by atoms with E-state index in [9.17, 15) is 9.59 Å². The van der Waals surface area contributed by atoms with Crippen molar-refractivity contribution in [1.29, 1.82) is 0 Å². The summed E-state index contributed by atoms with van der Waals surface area (Å²) in [6, 6.07) is 3.57. The Morgan fingerprint density at radius 2 is 2.17 bits per heavy atom. The molecule has 1 aliphatic rings. The smallest absolute Gasteiger partial charge is 0.344 e. The molecular formula is C14H16O4. The van der Waals surface area contributed by atoms with Gasteiger partial charge < -0.3 is 9.84 Å². The Balaban J connectivity index is 2.38. The van der Waals surface area contributed by atoms with E-state index in [-0.39, 0.29) is 5.78 Å². The van der Waals surface area contributed by atoms with Gasteiger partial charge in [0.05, 0.1) is 5.56 Å². The SMILES string of the molecule is CCC(Oc1ccc(C)c2c1C(=O)CC2)C(=O)O. The molecule has 1 aromatic carbocycles. The third kappa shape index (κ3) is 2.10. The summed E-state index contributed by atoms with van der Waals surface area (Å²) in [4.78, 5) is 22.8. The Morgan fingerprint density at radius 3 is 2.78 bits per heavy atom. The average molecular weight is 248 g/mol. The number of fused-ring (bicyclic) bond motifs is 1. The molecular weight excluding hydrogens is 232 g/mol. The molecule has 0 aliphatic heterocycles. The number of carboxylic acids is 1. The molecule has 4 nitrogen and oxygen atoms in total. The second-order valence-corrected chi connectivity index (χ2v) is 4.51. The highest BCUT2D eigenvalue weighted by Crippen LogP contribution is 2.33. The first-order valence-electron chi connectivity index (χ1n) is 6.09. The number of benzene rings is 1. The molecule has 0 aromatic heterocycles. The van der Waals surface area contributed by atoms with Gasteiger partial charge in [-0.1, -0.05) is 13.0 Å². The summed E-state index contributed by atoms with van der Waals surface area (Å²) in [5.41, 5.74) is 2.64. The van der Waals surface area contributed by atoms with Crippen molar-refractivity contribution >= 4 is 11.8 Å². The van der Waals surface area contributed by atoms with E-state index in [1.807, 2.05) is 13.0 Å². The minimum atomic E-state index is -1.00. The van der Waals surface area contributed by atoms with Crippen molar-refractivity contribution in [3.8, 4) is 5.75 Å². The van der Waals surface area contributed by atoms with Crippen molar-refractivity contribution in [3.63, 3.8) is 0 Å². The normalized spacial score (nSPS) is 15.3. The summed E-state index contributed by atoms with van der Waals surface area (Å²) in [6.45, 7) is 3.70. The number of hydrogen-bond acceptors (Lipinski definition) is 3. The van der Waals surface area contributed by atoms with Crippen LogP contribution in [0.4, 0.5) is 0 Å². The molecule has 18 heavy (non-hydrogen) atoms. The maximum Gasteiger partial charge on any atom is 0.344 e. The van der Waals surface area contributed by atoms with Gasteiger partial charge in [0.1, 0.15) is 5.75 Å². The van der Waals surface area contributed by atoms with Crippen LogP contribution in [0.1, 0.15) is 41.3 Å². The van der Waals surface area contributed by atoms with Crippen LogP contribution >= 0.6 is 0 Å². The predicted octanol–water partition coefficient (Wildman–Crippen LogP) is 2.37. The molecule has 1 unspecified atom stereocenters. The van der Waals surface area contributed by atoms with Crippen molar-refractivity contribution in [1.82, 2.24) is 0 Å². The lowest BCUT2D eigenvalue weighted by Crippen LogP contribution is -2.26. The number of carbonyl (C=O) groups is 2. The molecule has 4 heteroatoms. The molecule has 0 saturated carbocycles. The minimum Gasteiger partial charge on any atom is -0.479 e. The van der Waals surface area contributed by atoms with Crippen molar-refractivity contribution in [2.24, 2.45) is 0 Å². The molecule has 0 radical (unpaired) electrons. The molecule has 0 heterocycles. The van der Waals surface area contributed by atoms with Gasteiger partial charge in [0, 0.05) is 6.42 Å². The predicted molar refractivity (Wildman–Crippen MR) is 66.2 cm³/mol. The van der Waals surface area contributed by atoms with Crippen LogP contribution in [-0.2, 0) is 11.2 Å². The largest absolute Gasteiger partial charge is 0.479 e. The Morgan fingerprint density at radius 1 is 1.44 bits per heavy atom. The van der Waals surface area contributed by atoms with Gasteiger partial charge in [0.15, 0.2) is 11.9 Å².